The topological polar surface area (TPSA) is 59.1 Å². The molecule has 2 aliphatic rings. The van der Waals surface area contributed by atoms with Crippen LogP contribution in [0.3, 0.4) is 0 Å². The van der Waals surface area contributed by atoms with E-state index in [1.807, 2.05) is 39.0 Å². The molecule has 1 aromatic rings. The quantitative estimate of drug-likeness (QED) is 0.833. The van der Waals surface area contributed by atoms with Gasteiger partial charge in [0.25, 0.3) is 0 Å². The molecule has 6 heteroatoms. The molecule has 0 aromatic heterocycles. The van der Waals surface area contributed by atoms with Gasteiger partial charge in [-0.15, -0.1) is 5.06 Å². The Morgan fingerprint density at radius 1 is 1.04 bits per heavy atom. The fourth-order valence-corrected chi connectivity index (χ4v) is 3.21. The van der Waals surface area contributed by atoms with E-state index in [-0.39, 0.29) is 24.1 Å². The van der Waals surface area contributed by atoms with Crippen molar-refractivity contribution in [1.29, 1.82) is 0 Å². The van der Waals surface area contributed by atoms with Crippen LogP contribution in [0.2, 0.25) is 0 Å². The first-order chi connectivity index (χ1) is 11.3. The van der Waals surface area contributed by atoms with Crippen LogP contribution in [0.25, 0.3) is 0 Å². The van der Waals surface area contributed by atoms with Crippen LogP contribution in [-0.2, 0) is 9.57 Å². The Morgan fingerprint density at radius 3 is 2.17 bits per heavy atom. The highest BCUT2D eigenvalue weighted by molar-refractivity contribution is 5.89. The lowest BCUT2D eigenvalue weighted by atomic mass is 10.2. The number of hydrogen-bond donors (Lipinski definition) is 0. The Bertz CT molecular complexity index is 597. The van der Waals surface area contributed by atoms with Crippen LogP contribution >= 0.6 is 0 Å². The normalized spacial score (nSPS) is 23.9. The molecule has 0 spiro atoms. The van der Waals surface area contributed by atoms with Gasteiger partial charge in [-0.05, 0) is 45.7 Å². The van der Waals surface area contributed by atoms with E-state index in [4.69, 9.17) is 9.57 Å². The molecule has 3 rings (SSSR count). The molecule has 24 heavy (non-hydrogen) atoms. The monoisotopic (exact) mass is 332 g/mol. The Balaban J connectivity index is 1.62. The number of carbonyl (C=O) groups excluding carboxylic acids is 2. The fourth-order valence-electron chi connectivity index (χ4n) is 3.21. The highest BCUT2D eigenvalue weighted by atomic mass is 16.7. The third kappa shape index (κ3) is 3.70. The lowest BCUT2D eigenvalue weighted by Crippen LogP contribution is -2.56. The van der Waals surface area contributed by atoms with Crippen LogP contribution in [-0.4, -0.2) is 52.8 Å². The van der Waals surface area contributed by atoms with Crippen molar-refractivity contribution in [3.05, 3.63) is 35.9 Å². The SMILES string of the molecule is CC(C)(C)OC(=O)N1CC2CCC(C1)N2OC(=O)c1ccccc1. The second kappa shape index (κ2) is 6.43. The molecule has 130 valence electrons. The van der Waals surface area contributed by atoms with Crippen LogP contribution in [0, 0.1) is 0 Å². The number of likely N-dealkylation sites (tertiary alicyclic amines) is 1. The number of ether oxygens (including phenoxy) is 1. The van der Waals surface area contributed by atoms with Crippen LogP contribution < -0.4 is 0 Å². The number of benzene rings is 1. The highest BCUT2D eigenvalue weighted by Gasteiger charge is 2.44. The summed E-state index contributed by atoms with van der Waals surface area (Å²) >= 11 is 0. The van der Waals surface area contributed by atoms with Crippen LogP contribution in [0.15, 0.2) is 30.3 Å². The number of amides is 1. The first-order valence-electron chi connectivity index (χ1n) is 8.37. The Hall–Kier alpha value is -2.08. The highest BCUT2D eigenvalue weighted by Crippen LogP contribution is 2.31. The number of nitrogens with zero attached hydrogens (tertiary/aromatic N) is 2. The average Bonchev–Trinajstić information content (AvgIpc) is 2.75. The van der Waals surface area contributed by atoms with Crippen LogP contribution in [0.5, 0.6) is 0 Å². The van der Waals surface area contributed by atoms with Gasteiger partial charge in [-0.2, -0.15) is 0 Å². The Morgan fingerprint density at radius 2 is 1.62 bits per heavy atom. The summed E-state index contributed by atoms with van der Waals surface area (Å²) in [6.45, 7) is 6.62. The molecule has 2 atom stereocenters. The van der Waals surface area contributed by atoms with Gasteiger partial charge in [-0.3, -0.25) is 0 Å². The standard InChI is InChI=1S/C18H24N2O4/c1-18(2,3)23-17(22)19-11-14-9-10-15(12-19)20(14)24-16(21)13-7-5-4-6-8-13/h4-8,14-15H,9-12H2,1-3H3. The number of fused-ring (bicyclic) bond motifs is 2. The maximum atomic E-state index is 12.3. The smallest absolute Gasteiger partial charge is 0.410 e. The fraction of sp³-hybridized carbons (Fsp3) is 0.556. The molecule has 0 radical (unpaired) electrons. The van der Waals surface area contributed by atoms with Gasteiger partial charge >= 0.3 is 12.1 Å². The summed E-state index contributed by atoms with van der Waals surface area (Å²) in [5.74, 6) is -0.349. The molecule has 2 unspecified atom stereocenters. The predicted molar refractivity (Wildman–Crippen MR) is 88.3 cm³/mol. The predicted octanol–water partition coefficient (Wildman–Crippen LogP) is 2.84. The van der Waals surface area contributed by atoms with Gasteiger partial charge in [0, 0.05) is 13.1 Å². The van der Waals surface area contributed by atoms with Gasteiger partial charge in [-0.1, -0.05) is 18.2 Å². The summed E-state index contributed by atoms with van der Waals surface area (Å²) < 4.78 is 5.45. The lowest BCUT2D eigenvalue weighted by Gasteiger charge is -2.39. The van der Waals surface area contributed by atoms with Gasteiger partial charge in [0.1, 0.15) is 5.60 Å². The van der Waals surface area contributed by atoms with E-state index in [9.17, 15) is 9.59 Å². The summed E-state index contributed by atoms with van der Waals surface area (Å²) in [6, 6.07) is 9.02. The molecule has 2 fully saturated rings. The molecule has 1 aromatic carbocycles. The van der Waals surface area contributed by atoms with Gasteiger partial charge in [0.15, 0.2) is 0 Å². The molecule has 0 saturated carbocycles. The van der Waals surface area contributed by atoms with Crippen LogP contribution in [0.1, 0.15) is 44.0 Å². The number of hydroxylamine groups is 2. The molecule has 0 N–H and O–H groups in total. The Kier molecular flexibility index (Phi) is 4.49. The number of piperazine rings is 1. The van der Waals surface area contributed by atoms with Crippen molar-refractivity contribution < 1.29 is 19.2 Å². The molecule has 2 saturated heterocycles. The van der Waals surface area contributed by atoms with E-state index in [1.165, 1.54) is 0 Å². The van der Waals surface area contributed by atoms with Crippen LogP contribution in [0.4, 0.5) is 4.79 Å². The van der Waals surface area contributed by atoms with Crippen molar-refractivity contribution >= 4 is 12.1 Å². The second-order valence-electron chi connectivity index (χ2n) is 7.37. The number of rotatable bonds is 2. The minimum atomic E-state index is -0.507. The first-order valence-corrected chi connectivity index (χ1v) is 8.37. The molecule has 1 amide bonds. The summed E-state index contributed by atoms with van der Waals surface area (Å²) in [5, 5.41) is 1.77. The molecule has 2 heterocycles. The van der Waals surface area contributed by atoms with E-state index in [0.29, 0.717) is 18.7 Å². The molecule has 0 aliphatic carbocycles. The third-order valence-corrected chi connectivity index (χ3v) is 4.26. The lowest BCUT2D eigenvalue weighted by molar-refractivity contribution is -0.166. The second-order valence-corrected chi connectivity index (χ2v) is 7.37. The zero-order chi connectivity index (χ0) is 17.3. The zero-order valence-corrected chi connectivity index (χ0v) is 14.4. The number of hydrogen-bond acceptors (Lipinski definition) is 5. The van der Waals surface area contributed by atoms with Crippen molar-refractivity contribution in [3.8, 4) is 0 Å². The molecule has 2 aliphatic heterocycles. The summed E-state index contributed by atoms with van der Waals surface area (Å²) in [5.41, 5.74) is 0.0269. The molecular weight excluding hydrogens is 308 g/mol. The van der Waals surface area contributed by atoms with Crippen molar-refractivity contribution in [2.75, 3.05) is 13.1 Å². The van der Waals surface area contributed by atoms with E-state index in [1.54, 1.807) is 22.1 Å². The first kappa shape index (κ1) is 16.8. The van der Waals surface area contributed by atoms with E-state index >= 15 is 0 Å². The number of carbonyl (C=O) groups is 2. The minimum Gasteiger partial charge on any atom is -0.444 e. The average molecular weight is 332 g/mol. The molecular formula is C18H24N2O4. The largest absolute Gasteiger partial charge is 0.444 e. The van der Waals surface area contributed by atoms with E-state index < -0.39 is 5.60 Å². The van der Waals surface area contributed by atoms with Gasteiger partial charge in [0.05, 0.1) is 17.6 Å². The van der Waals surface area contributed by atoms with E-state index in [0.717, 1.165) is 12.8 Å². The maximum absolute atomic E-state index is 12.3. The van der Waals surface area contributed by atoms with Crippen molar-refractivity contribution in [3.63, 3.8) is 0 Å². The van der Waals surface area contributed by atoms with Gasteiger partial charge < -0.3 is 14.5 Å². The minimum absolute atomic E-state index is 0.0314. The molecule has 2 bridgehead atoms. The van der Waals surface area contributed by atoms with Crippen molar-refractivity contribution in [2.24, 2.45) is 0 Å². The molecule has 6 nitrogen and oxygen atoms in total. The Labute approximate surface area is 142 Å². The van der Waals surface area contributed by atoms with E-state index in [2.05, 4.69) is 0 Å². The summed E-state index contributed by atoms with van der Waals surface area (Å²) in [6.07, 6.45) is 1.52. The summed E-state index contributed by atoms with van der Waals surface area (Å²) in [7, 11) is 0. The van der Waals surface area contributed by atoms with Gasteiger partial charge in [0.2, 0.25) is 0 Å². The maximum Gasteiger partial charge on any atom is 0.410 e. The van der Waals surface area contributed by atoms with Gasteiger partial charge in [-0.25, -0.2) is 9.59 Å². The summed E-state index contributed by atoms with van der Waals surface area (Å²) in [4.78, 5) is 31.9. The van der Waals surface area contributed by atoms with Crippen molar-refractivity contribution in [2.45, 2.75) is 51.3 Å². The third-order valence-electron chi connectivity index (χ3n) is 4.26. The van der Waals surface area contributed by atoms with Crippen molar-refractivity contribution in [1.82, 2.24) is 9.96 Å². The zero-order valence-electron chi connectivity index (χ0n) is 14.4.